The number of carbonyl (C=O) groups is 2. The van der Waals surface area contributed by atoms with Crippen LogP contribution in [0.15, 0.2) is 41.1 Å². The van der Waals surface area contributed by atoms with E-state index in [1.165, 1.54) is 17.2 Å². The molecule has 0 saturated heterocycles. The van der Waals surface area contributed by atoms with Gasteiger partial charge in [-0.3, -0.25) is 14.5 Å². The van der Waals surface area contributed by atoms with Gasteiger partial charge in [0.25, 0.3) is 5.91 Å². The summed E-state index contributed by atoms with van der Waals surface area (Å²) in [6, 6.07) is 6.66. The molecule has 0 spiro atoms. The molecule has 0 aliphatic rings. The highest BCUT2D eigenvalue weighted by Gasteiger charge is 2.21. The van der Waals surface area contributed by atoms with Crippen molar-refractivity contribution in [2.75, 3.05) is 11.4 Å². The number of nitrogens with zero attached hydrogens (tertiary/aromatic N) is 2. The Kier molecular flexibility index (Phi) is 4.14. The zero-order chi connectivity index (χ0) is 14.5. The molecule has 0 unspecified atom stereocenters. The van der Waals surface area contributed by atoms with Crippen LogP contribution in [0.2, 0.25) is 0 Å². The van der Waals surface area contributed by atoms with E-state index in [9.17, 15) is 9.59 Å². The number of carboxylic acids is 1. The Labute approximate surface area is 115 Å². The maximum atomic E-state index is 12.3. The van der Waals surface area contributed by atoms with Gasteiger partial charge in [0.15, 0.2) is 5.76 Å². The molecule has 1 N–H and O–H groups in total. The first-order chi connectivity index (χ1) is 9.58. The largest absolute Gasteiger partial charge is 0.481 e. The maximum absolute atomic E-state index is 12.3. The van der Waals surface area contributed by atoms with Gasteiger partial charge in [-0.2, -0.15) is 0 Å². The number of amides is 1. The lowest BCUT2D eigenvalue weighted by molar-refractivity contribution is -0.136. The zero-order valence-electron chi connectivity index (χ0n) is 10.9. The standard InChI is InChI=1S/C14H14N2O4/c1-10-4-6-15-12(9-10)16(7-5-13(17)18)14(19)11-3-2-8-20-11/h2-4,6,8-9H,5,7H2,1H3,(H,17,18). The van der Waals surface area contributed by atoms with Gasteiger partial charge in [-0.15, -0.1) is 0 Å². The third-order valence-electron chi connectivity index (χ3n) is 2.70. The highest BCUT2D eigenvalue weighted by atomic mass is 16.4. The van der Waals surface area contributed by atoms with E-state index in [0.29, 0.717) is 5.82 Å². The number of pyridine rings is 1. The quantitative estimate of drug-likeness (QED) is 0.902. The minimum absolute atomic E-state index is 0.0331. The lowest BCUT2D eigenvalue weighted by Gasteiger charge is -2.20. The van der Waals surface area contributed by atoms with Crippen molar-refractivity contribution in [1.29, 1.82) is 0 Å². The first kappa shape index (κ1) is 13.8. The van der Waals surface area contributed by atoms with E-state index in [0.717, 1.165) is 5.56 Å². The van der Waals surface area contributed by atoms with Crippen LogP contribution < -0.4 is 4.90 Å². The number of anilines is 1. The van der Waals surface area contributed by atoms with Crippen molar-refractivity contribution in [1.82, 2.24) is 4.98 Å². The van der Waals surface area contributed by atoms with Crippen LogP contribution in [-0.2, 0) is 4.79 Å². The average molecular weight is 274 g/mol. The summed E-state index contributed by atoms with van der Waals surface area (Å²) in [5.41, 5.74) is 0.933. The second-order valence-electron chi connectivity index (χ2n) is 4.27. The van der Waals surface area contributed by atoms with Crippen LogP contribution in [0.1, 0.15) is 22.5 Å². The van der Waals surface area contributed by atoms with Crippen LogP contribution in [-0.4, -0.2) is 28.5 Å². The minimum atomic E-state index is -0.977. The molecule has 0 bridgehead atoms. The van der Waals surface area contributed by atoms with Crippen molar-refractivity contribution < 1.29 is 19.1 Å². The van der Waals surface area contributed by atoms with Gasteiger partial charge in [-0.1, -0.05) is 0 Å². The van der Waals surface area contributed by atoms with Crippen LogP contribution in [0, 0.1) is 6.92 Å². The number of carbonyl (C=O) groups excluding carboxylic acids is 1. The van der Waals surface area contributed by atoms with Crippen LogP contribution in [0.5, 0.6) is 0 Å². The topological polar surface area (TPSA) is 83.6 Å². The van der Waals surface area contributed by atoms with Gasteiger partial charge in [0.05, 0.1) is 12.7 Å². The van der Waals surface area contributed by atoms with E-state index in [1.807, 2.05) is 6.92 Å². The third kappa shape index (κ3) is 3.23. The molecule has 2 aromatic heterocycles. The number of aliphatic carboxylic acids is 1. The Bertz CT molecular complexity index is 607. The number of aryl methyl sites for hydroxylation is 1. The lowest BCUT2D eigenvalue weighted by Crippen LogP contribution is -2.33. The first-order valence-electron chi connectivity index (χ1n) is 6.08. The molecule has 6 nitrogen and oxygen atoms in total. The van der Waals surface area contributed by atoms with Crippen LogP contribution in [0.3, 0.4) is 0 Å². The molecule has 2 heterocycles. The van der Waals surface area contributed by atoms with Crippen LogP contribution in [0.4, 0.5) is 5.82 Å². The van der Waals surface area contributed by atoms with Gasteiger partial charge in [0, 0.05) is 12.7 Å². The molecule has 0 aliphatic heterocycles. The van der Waals surface area contributed by atoms with E-state index >= 15 is 0 Å². The summed E-state index contributed by atoms with van der Waals surface area (Å²) in [4.78, 5) is 28.5. The fourth-order valence-corrected chi connectivity index (χ4v) is 1.73. The number of furan rings is 1. The number of rotatable bonds is 5. The summed E-state index contributed by atoms with van der Waals surface area (Å²) in [7, 11) is 0. The maximum Gasteiger partial charge on any atom is 0.305 e. The fraction of sp³-hybridized carbons (Fsp3) is 0.214. The molecule has 0 saturated carbocycles. The molecule has 2 aromatic rings. The monoisotopic (exact) mass is 274 g/mol. The fourth-order valence-electron chi connectivity index (χ4n) is 1.73. The summed E-state index contributed by atoms with van der Waals surface area (Å²) in [5.74, 6) is -0.824. The molecular formula is C14H14N2O4. The van der Waals surface area contributed by atoms with Gasteiger partial charge < -0.3 is 9.52 Å². The number of carboxylic acid groups (broad SMARTS) is 1. The lowest BCUT2D eigenvalue weighted by atomic mass is 10.2. The molecule has 2 rings (SSSR count). The summed E-state index contributed by atoms with van der Waals surface area (Å²) in [6.07, 6.45) is 2.81. The molecule has 20 heavy (non-hydrogen) atoms. The van der Waals surface area contributed by atoms with E-state index in [1.54, 1.807) is 24.4 Å². The summed E-state index contributed by atoms with van der Waals surface area (Å²) in [6.45, 7) is 1.91. The van der Waals surface area contributed by atoms with Crippen molar-refractivity contribution in [2.45, 2.75) is 13.3 Å². The van der Waals surface area contributed by atoms with Gasteiger partial charge in [-0.25, -0.2) is 4.98 Å². The SMILES string of the molecule is Cc1ccnc(N(CCC(=O)O)C(=O)c2ccco2)c1. The van der Waals surface area contributed by atoms with Crippen molar-refractivity contribution in [3.8, 4) is 0 Å². The van der Waals surface area contributed by atoms with E-state index in [2.05, 4.69) is 4.98 Å². The number of hydrogen-bond acceptors (Lipinski definition) is 4. The predicted molar refractivity (Wildman–Crippen MR) is 71.6 cm³/mol. The van der Waals surface area contributed by atoms with Crippen LogP contribution in [0.25, 0.3) is 0 Å². The second-order valence-corrected chi connectivity index (χ2v) is 4.27. The molecular weight excluding hydrogens is 260 g/mol. The van der Waals surface area contributed by atoms with Crippen LogP contribution >= 0.6 is 0 Å². The Morgan fingerprint density at radius 3 is 2.80 bits per heavy atom. The molecule has 0 radical (unpaired) electrons. The third-order valence-corrected chi connectivity index (χ3v) is 2.70. The Hall–Kier alpha value is -2.63. The van der Waals surface area contributed by atoms with E-state index in [-0.39, 0.29) is 18.7 Å². The smallest absolute Gasteiger partial charge is 0.305 e. The van der Waals surface area contributed by atoms with E-state index < -0.39 is 11.9 Å². The normalized spacial score (nSPS) is 10.2. The van der Waals surface area contributed by atoms with Crippen molar-refractivity contribution in [2.24, 2.45) is 0 Å². The van der Waals surface area contributed by atoms with Gasteiger partial charge in [-0.05, 0) is 36.8 Å². The van der Waals surface area contributed by atoms with Gasteiger partial charge in [0.2, 0.25) is 0 Å². The molecule has 0 aromatic carbocycles. The highest BCUT2D eigenvalue weighted by Crippen LogP contribution is 2.16. The van der Waals surface area contributed by atoms with E-state index in [4.69, 9.17) is 9.52 Å². The Morgan fingerprint density at radius 1 is 1.40 bits per heavy atom. The molecule has 0 aliphatic carbocycles. The second kappa shape index (κ2) is 6.01. The van der Waals surface area contributed by atoms with Crippen molar-refractivity contribution in [3.63, 3.8) is 0 Å². The highest BCUT2D eigenvalue weighted by molar-refractivity contribution is 6.03. The number of hydrogen-bond donors (Lipinski definition) is 1. The van der Waals surface area contributed by atoms with Crippen molar-refractivity contribution in [3.05, 3.63) is 48.0 Å². The molecule has 0 atom stereocenters. The predicted octanol–water partition coefficient (Wildman–Crippen LogP) is 2.10. The summed E-state index contributed by atoms with van der Waals surface area (Å²) < 4.78 is 5.07. The van der Waals surface area contributed by atoms with Gasteiger partial charge in [0.1, 0.15) is 5.82 Å². The average Bonchev–Trinajstić information content (AvgIpc) is 2.92. The minimum Gasteiger partial charge on any atom is -0.481 e. The molecule has 1 amide bonds. The Balaban J connectivity index is 2.29. The van der Waals surface area contributed by atoms with Crippen molar-refractivity contribution >= 4 is 17.7 Å². The molecule has 0 fully saturated rings. The number of aromatic nitrogens is 1. The van der Waals surface area contributed by atoms with Gasteiger partial charge >= 0.3 is 5.97 Å². The summed E-state index contributed by atoms with van der Waals surface area (Å²) >= 11 is 0. The first-order valence-corrected chi connectivity index (χ1v) is 6.08. The molecule has 6 heteroatoms. The Morgan fingerprint density at radius 2 is 2.20 bits per heavy atom. The summed E-state index contributed by atoms with van der Waals surface area (Å²) in [5, 5.41) is 8.79. The molecule has 104 valence electrons. The zero-order valence-corrected chi connectivity index (χ0v) is 10.9.